The topological polar surface area (TPSA) is 55.1 Å². The van der Waals surface area contributed by atoms with E-state index < -0.39 is 0 Å². The number of hydrogen-bond donors (Lipinski definition) is 2. The van der Waals surface area contributed by atoms with E-state index in [1.807, 2.05) is 0 Å². The van der Waals surface area contributed by atoms with E-state index in [0.717, 1.165) is 0 Å². The molecule has 1 aromatic rings. The van der Waals surface area contributed by atoms with Crippen LogP contribution in [0.2, 0.25) is 5.02 Å². The van der Waals surface area contributed by atoms with Gasteiger partial charge in [0, 0.05) is 11.6 Å². The minimum Gasteiger partial charge on any atom is -0.398 e. The molecule has 0 unspecified atom stereocenters. The van der Waals surface area contributed by atoms with Gasteiger partial charge in [0.05, 0.1) is 17.3 Å². The Bertz CT molecular complexity index is 414. The number of nitrogens with one attached hydrogen (secondary N) is 1. The van der Waals surface area contributed by atoms with Gasteiger partial charge in [-0.2, -0.15) is 0 Å². The van der Waals surface area contributed by atoms with Crippen molar-refractivity contribution in [1.29, 1.82) is 0 Å². The largest absolute Gasteiger partial charge is 0.398 e. The monoisotopic (exact) mass is 252 g/mol. The van der Waals surface area contributed by atoms with Crippen LogP contribution in [0.1, 0.15) is 36.0 Å². The maximum atomic E-state index is 11.9. The van der Waals surface area contributed by atoms with Crippen LogP contribution in [-0.4, -0.2) is 18.4 Å². The number of hydrogen-bond acceptors (Lipinski definition) is 3. The van der Waals surface area contributed by atoms with Gasteiger partial charge in [-0.25, -0.2) is 0 Å². The number of carbonyl (C=O) groups is 1. The lowest BCUT2D eigenvalue weighted by Crippen LogP contribution is -2.31. The number of ketones is 1. The molecule has 1 saturated carbocycles. The van der Waals surface area contributed by atoms with Gasteiger partial charge in [0.15, 0.2) is 5.78 Å². The Balaban J connectivity index is 1.92. The maximum Gasteiger partial charge on any atom is 0.176 e. The van der Waals surface area contributed by atoms with Crippen molar-refractivity contribution in [3.63, 3.8) is 0 Å². The molecule has 0 bridgehead atoms. The molecule has 4 heteroatoms. The second kappa shape index (κ2) is 5.52. The predicted molar refractivity (Wildman–Crippen MR) is 70.5 cm³/mol. The molecule has 1 aliphatic carbocycles. The van der Waals surface area contributed by atoms with E-state index in [2.05, 4.69) is 5.32 Å². The molecular weight excluding hydrogens is 236 g/mol. The number of nitrogen functional groups attached to an aromatic ring is 1. The molecule has 0 aliphatic heterocycles. The highest BCUT2D eigenvalue weighted by Gasteiger charge is 2.16. The zero-order valence-electron chi connectivity index (χ0n) is 9.71. The van der Waals surface area contributed by atoms with E-state index >= 15 is 0 Å². The summed E-state index contributed by atoms with van der Waals surface area (Å²) in [5.74, 6) is 0.0697. The lowest BCUT2D eigenvalue weighted by Gasteiger charge is -2.11. The number of benzene rings is 1. The van der Waals surface area contributed by atoms with E-state index in [1.165, 1.54) is 25.7 Å². The summed E-state index contributed by atoms with van der Waals surface area (Å²) in [6.07, 6.45) is 4.88. The molecule has 0 atom stereocenters. The average molecular weight is 253 g/mol. The molecule has 2 rings (SSSR count). The third kappa shape index (κ3) is 3.20. The van der Waals surface area contributed by atoms with Gasteiger partial charge < -0.3 is 11.1 Å². The van der Waals surface area contributed by atoms with Crippen molar-refractivity contribution in [2.24, 2.45) is 0 Å². The van der Waals surface area contributed by atoms with Crippen molar-refractivity contribution in [1.82, 2.24) is 5.32 Å². The van der Waals surface area contributed by atoms with Crippen molar-refractivity contribution in [2.45, 2.75) is 31.7 Å². The molecule has 0 saturated heterocycles. The lowest BCUT2D eigenvalue weighted by molar-refractivity contribution is 0.0987. The van der Waals surface area contributed by atoms with Gasteiger partial charge in [0.1, 0.15) is 0 Å². The van der Waals surface area contributed by atoms with Crippen molar-refractivity contribution >= 4 is 23.1 Å². The van der Waals surface area contributed by atoms with Crippen LogP contribution in [-0.2, 0) is 0 Å². The second-order valence-corrected chi connectivity index (χ2v) is 4.93. The van der Waals surface area contributed by atoms with Gasteiger partial charge in [-0.05, 0) is 31.0 Å². The Kier molecular flexibility index (Phi) is 4.02. The zero-order valence-corrected chi connectivity index (χ0v) is 10.5. The fourth-order valence-corrected chi connectivity index (χ4v) is 2.30. The van der Waals surface area contributed by atoms with E-state index in [4.69, 9.17) is 17.3 Å². The van der Waals surface area contributed by atoms with E-state index in [-0.39, 0.29) is 5.78 Å². The minimum absolute atomic E-state index is 0.0697. The van der Waals surface area contributed by atoms with Crippen molar-refractivity contribution in [2.75, 3.05) is 12.3 Å². The zero-order chi connectivity index (χ0) is 12.3. The minimum atomic E-state index is 0.0697. The van der Waals surface area contributed by atoms with Gasteiger partial charge in [0.25, 0.3) is 0 Å². The molecule has 92 valence electrons. The molecule has 0 aromatic heterocycles. The van der Waals surface area contributed by atoms with Crippen LogP contribution in [0.15, 0.2) is 18.2 Å². The first kappa shape index (κ1) is 12.4. The first-order valence-corrected chi connectivity index (χ1v) is 6.36. The van der Waals surface area contributed by atoms with E-state index in [9.17, 15) is 4.79 Å². The summed E-state index contributed by atoms with van der Waals surface area (Å²) < 4.78 is 0. The molecule has 1 aromatic carbocycles. The second-order valence-electron chi connectivity index (χ2n) is 4.52. The average Bonchev–Trinajstić information content (AvgIpc) is 2.82. The summed E-state index contributed by atoms with van der Waals surface area (Å²) >= 11 is 5.81. The van der Waals surface area contributed by atoms with Gasteiger partial charge in [-0.1, -0.05) is 24.4 Å². The molecule has 17 heavy (non-hydrogen) atoms. The first-order chi connectivity index (χ1) is 8.16. The SMILES string of the molecule is Nc1cc(C(=O)CNC2CCCC2)ccc1Cl. The van der Waals surface area contributed by atoms with Gasteiger partial charge in [0.2, 0.25) is 0 Å². The number of halogens is 1. The standard InChI is InChI=1S/C13H17ClN2O/c14-11-6-5-9(7-12(11)15)13(17)8-16-10-3-1-2-4-10/h5-7,10,16H,1-4,8,15H2. The predicted octanol–water partition coefficient (Wildman–Crippen LogP) is 2.64. The molecule has 0 radical (unpaired) electrons. The molecule has 3 nitrogen and oxygen atoms in total. The van der Waals surface area contributed by atoms with Crippen LogP contribution in [0.3, 0.4) is 0 Å². The van der Waals surface area contributed by atoms with Crippen LogP contribution in [0.25, 0.3) is 0 Å². The quantitative estimate of drug-likeness (QED) is 0.640. The highest BCUT2D eigenvalue weighted by atomic mass is 35.5. The van der Waals surface area contributed by atoms with Crippen LogP contribution < -0.4 is 11.1 Å². The number of anilines is 1. The van der Waals surface area contributed by atoms with Crippen LogP contribution in [0.4, 0.5) is 5.69 Å². The van der Waals surface area contributed by atoms with Crippen LogP contribution in [0.5, 0.6) is 0 Å². The number of rotatable bonds is 4. The Morgan fingerprint density at radius 2 is 2.12 bits per heavy atom. The van der Waals surface area contributed by atoms with Crippen molar-refractivity contribution < 1.29 is 4.79 Å². The molecule has 1 fully saturated rings. The van der Waals surface area contributed by atoms with Crippen molar-refractivity contribution in [3.05, 3.63) is 28.8 Å². The van der Waals surface area contributed by atoms with Crippen molar-refractivity contribution in [3.8, 4) is 0 Å². The smallest absolute Gasteiger partial charge is 0.176 e. The maximum absolute atomic E-state index is 11.9. The summed E-state index contributed by atoms with van der Waals surface area (Å²) in [5, 5.41) is 3.78. The highest BCUT2D eigenvalue weighted by Crippen LogP contribution is 2.20. The van der Waals surface area contributed by atoms with Gasteiger partial charge in [-0.3, -0.25) is 4.79 Å². The van der Waals surface area contributed by atoms with E-state index in [0.29, 0.717) is 28.9 Å². The summed E-state index contributed by atoms with van der Waals surface area (Å²) in [6.45, 7) is 0.381. The molecule has 0 spiro atoms. The molecule has 1 aliphatic rings. The summed E-state index contributed by atoms with van der Waals surface area (Å²) in [4.78, 5) is 11.9. The van der Waals surface area contributed by atoms with Gasteiger partial charge >= 0.3 is 0 Å². The number of Topliss-reactive ketones (excluding diaryl/α,β-unsaturated/α-hetero) is 1. The molecular formula is C13H17ClN2O. The number of carbonyl (C=O) groups excluding carboxylic acids is 1. The van der Waals surface area contributed by atoms with Crippen LogP contribution >= 0.6 is 11.6 Å². The Morgan fingerprint density at radius 1 is 1.41 bits per heavy atom. The third-order valence-electron chi connectivity index (χ3n) is 3.22. The van der Waals surface area contributed by atoms with Gasteiger partial charge in [-0.15, -0.1) is 0 Å². The first-order valence-electron chi connectivity index (χ1n) is 5.98. The summed E-state index contributed by atoms with van der Waals surface area (Å²) in [7, 11) is 0. The fourth-order valence-electron chi connectivity index (χ4n) is 2.19. The Labute approximate surface area is 106 Å². The highest BCUT2D eigenvalue weighted by molar-refractivity contribution is 6.33. The fraction of sp³-hybridized carbons (Fsp3) is 0.462. The van der Waals surface area contributed by atoms with Crippen LogP contribution in [0, 0.1) is 0 Å². The Morgan fingerprint density at radius 3 is 2.76 bits per heavy atom. The summed E-state index contributed by atoms with van der Waals surface area (Å²) in [5.41, 5.74) is 6.75. The third-order valence-corrected chi connectivity index (χ3v) is 3.57. The summed E-state index contributed by atoms with van der Waals surface area (Å²) in [6, 6.07) is 5.53. The molecule has 3 N–H and O–H groups in total. The molecule has 0 amide bonds. The normalized spacial score (nSPS) is 16.3. The lowest BCUT2D eigenvalue weighted by atomic mass is 10.1. The Hall–Kier alpha value is -1.06. The van der Waals surface area contributed by atoms with E-state index in [1.54, 1.807) is 18.2 Å². The number of nitrogens with two attached hydrogens (primary N) is 1. The molecule has 0 heterocycles.